The lowest BCUT2D eigenvalue weighted by Gasteiger charge is -2.31. The molecule has 2 aliphatic carbocycles. The van der Waals surface area contributed by atoms with Crippen LogP contribution in [0.25, 0.3) is 11.1 Å². The molecule has 8 heteroatoms. The maximum absolute atomic E-state index is 12.8. The summed E-state index contributed by atoms with van der Waals surface area (Å²) < 4.78 is 5.62. The molecule has 2 aromatic carbocycles. The highest BCUT2D eigenvalue weighted by atomic mass is 32.2. The molecule has 1 saturated carbocycles. The summed E-state index contributed by atoms with van der Waals surface area (Å²) in [6, 6.07) is 15.8. The van der Waals surface area contributed by atoms with Crippen molar-refractivity contribution in [1.29, 1.82) is 0 Å². The first kappa shape index (κ1) is 23.7. The number of carboxylic acids is 1. The van der Waals surface area contributed by atoms with Gasteiger partial charge in [-0.2, -0.15) is 0 Å². The number of nitrogens with one attached hydrogen (secondary N) is 1. The molecule has 0 aromatic heterocycles. The van der Waals surface area contributed by atoms with Crippen LogP contribution >= 0.6 is 11.8 Å². The second-order valence-corrected chi connectivity index (χ2v) is 10.6. The van der Waals surface area contributed by atoms with Crippen LogP contribution in [0.15, 0.2) is 48.5 Å². The minimum absolute atomic E-state index is 0.0352. The van der Waals surface area contributed by atoms with Crippen molar-refractivity contribution in [3.8, 4) is 11.1 Å². The maximum atomic E-state index is 12.8. The van der Waals surface area contributed by atoms with E-state index in [0.717, 1.165) is 25.7 Å². The largest absolute Gasteiger partial charge is 0.480 e. The Balaban J connectivity index is 1.08. The zero-order valence-corrected chi connectivity index (χ0v) is 20.3. The summed E-state index contributed by atoms with van der Waals surface area (Å²) in [7, 11) is 0. The Labute approximate surface area is 209 Å². The van der Waals surface area contributed by atoms with E-state index in [0.29, 0.717) is 30.7 Å². The maximum Gasteiger partial charge on any atom is 0.407 e. The average molecular weight is 495 g/mol. The lowest BCUT2D eigenvalue weighted by molar-refractivity contribution is -0.150. The van der Waals surface area contributed by atoms with E-state index in [1.165, 1.54) is 38.9 Å². The molecule has 0 unspecified atom stereocenters. The fourth-order valence-electron chi connectivity index (χ4n) is 5.59. The van der Waals surface area contributed by atoms with E-state index in [-0.39, 0.29) is 17.7 Å². The Morgan fingerprint density at radius 1 is 0.971 bits per heavy atom. The van der Waals surface area contributed by atoms with Crippen LogP contribution in [0.2, 0.25) is 0 Å². The number of fused-ring (bicyclic) bond motifs is 3. The predicted molar refractivity (Wildman–Crippen MR) is 134 cm³/mol. The Hall–Kier alpha value is -3.00. The first-order valence-electron chi connectivity index (χ1n) is 12.2. The summed E-state index contributed by atoms with van der Waals surface area (Å²) in [6.07, 6.45) is 2.70. The van der Waals surface area contributed by atoms with Gasteiger partial charge in [0.05, 0.1) is 5.88 Å². The molecule has 35 heavy (non-hydrogen) atoms. The summed E-state index contributed by atoms with van der Waals surface area (Å²) in [6.45, 7) is 0.814. The number of carbonyl (C=O) groups is 3. The Morgan fingerprint density at radius 3 is 2.23 bits per heavy atom. The van der Waals surface area contributed by atoms with Crippen molar-refractivity contribution in [2.45, 2.75) is 37.6 Å². The smallest absolute Gasteiger partial charge is 0.407 e. The van der Waals surface area contributed by atoms with Gasteiger partial charge in [0.2, 0.25) is 5.91 Å². The topological polar surface area (TPSA) is 95.9 Å². The van der Waals surface area contributed by atoms with Gasteiger partial charge in [0.25, 0.3) is 0 Å². The number of rotatable bonds is 6. The van der Waals surface area contributed by atoms with Crippen LogP contribution in [0.5, 0.6) is 0 Å². The number of hydrogen-bond acceptors (Lipinski definition) is 5. The molecule has 0 bridgehead atoms. The Kier molecular flexibility index (Phi) is 7.00. The first-order valence-corrected chi connectivity index (χ1v) is 13.4. The molecule has 2 aromatic rings. The van der Waals surface area contributed by atoms with E-state index in [1.807, 2.05) is 24.3 Å². The van der Waals surface area contributed by atoms with Gasteiger partial charge in [0.1, 0.15) is 12.6 Å². The van der Waals surface area contributed by atoms with E-state index >= 15 is 0 Å². The van der Waals surface area contributed by atoms with Gasteiger partial charge in [0, 0.05) is 24.1 Å². The van der Waals surface area contributed by atoms with Gasteiger partial charge in [-0.1, -0.05) is 48.5 Å². The van der Waals surface area contributed by atoms with Crippen LogP contribution in [-0.2, 0) is 14.3 Å². The number of thioether (sulfide) groups is 1. The summed E-state index contributed by atoms with van der Waals surface area (Å²) in [5.74, 6) is 0.158. The first-order chi connectivity index (χ1) is 17.0. The molecule has 5 rings (SSSR count). The van der Waals surface area contributed by atoms with E-state index in [2.05, 4.69) is 29.6 Å². The van der Waals surface area contributed by atoms with Crippen LogP contribution < -0.4 is 5.32 Å². The molecule has 7 nitrogen and oxygen atoms in total. The summed E-state index contributed by atoms with van der Waals surface area (Å²) >= 11 is 1.49. The van der Waals surface area contributed by atoms with Gasteiger partial charge >= 0.3 is 12.1 Å². The van der Waals surface area contributed by atoms with Crippen molar-refractivity contribution in [2.24, 2.45) is 11.8 Å². The zero-order chi connectivity index (χ0) is 24.4. The van der Waals surface area contributed by atoms with Crippen molar-refractivity contribution < 1.29 is 24.2 Å². The summed E-state index contributed by atoms with van der Waals surface area (Å²) in [4.78, 5) is 38.2. The fourth-order valence-corrected chi connectivity index (χ4v) is 6.74. The summed E-state index contributed by atoms with van der Waals surface area (Å²) in [5, 5.41) is 12.3. The number of amides is 2. The lowest BCUT2D eigenvalue weighted by atomic mass is 9.81. The lowest BCUT2D eigenvalue weighted by Crippen LogP contribution is -2.45. The molecular weight excluding hydrogens is 464 g/mol. The number of aliphatic carboxylic acids is 1. The molecule has 1 heterocycles. The molecule has 184 valence electrons. The van der Waals surface area contributed by atoms with Crippen molar-refractivity contribution in [3.63, 3.8) is 0 Å². The van der Waals surface area contributed by atoms with Gasteiger partial charge in [0.15, 0.2) is 0 Å². The van der Waals surface area contributed by atoms with Crippen LogP contribution in [0, 0.1) is 11.8 Å². The van der Waals surface area contributed by atoms with Crippen LogP contribution in [0.3, 0.4) is 0 Å². The fraction of sp³-hybridized carbons (Fsp3) is 0.444. The van der Waals surface area contributed by atoms with Crippen molar-refractivity contribution >= 4 is 29.7 Å². The van der Waals surface area contributed by atoms with E-state index < -0.39 is 18.1 Å². The third kappa shape index (κ3) is 4.89. The number of carbonyl (C=O) groups excluding carboxylic acids is 2. The Bertz CT molecular complexity index is 1070. The number of hydrogen-bond donors (Lipinski definition) is 2. The van der Waals surface area contributed by atoms with Crippen molar-refractivity contribution in [1.82, 2.24) is 10.2 Å². The van der Waals surface area contributed by atoms with Crippen molar-refractivity contribution in [2.75, 3.05) is 24.8 Å². The molecule has 1 saturated heterocycles. The van der Waals surface area contributed by atoms with Gasteiger partial charge in [-0.05, 0) is 53.9 Å². The molecule has 1 aliphatic heterocycles. The minimum atomic E-state index is -0.927. The Morgan fingerprint density at radius 2 is 1.60 bits per heavy atom. The van der Waals surface area contributed by atoms with Gasteiger partial charge < -0.3 is 20.1 Å². The van der Waals surface area contributed by atoms with E-state index in [9.17, 15) is 19.5 Å². The molecule has 2 N–H and O–H groups in total. The van der Waals surface area contributed by atoms with Gasteiger partial charge in [-0.3, -0.25) is 4.79 Å². The third-order valence-electron chi connectivity index (χ3n) is 7.53. The van der Waals surface area contributed by atoms with Crippen LogP contribution in [0.4, 0.5) is 4.79 Å². The second kappa shape index (κ2) is 10.3. The molecule has 3 aliphatic rings. The molecule has 2 fully saturated rings. The van der Waals surface area contributed by atoms with Gasteiger partial charge in [-0.15, -0.1) is 11.8 Å². The van der Waals surface area contributed by atoms with E-state index in [1.54, 1.807) is 0 Å². The zero-order valence-electron chi connectivity index (χ0n) is 19.5. The summed E-state index contributed by atoms with van der Waals surface area (Å²) in [5.41, 5.74) is 4.77. The number of benzene rings is 2. The molecule has 1 atom stereocenters. The minimum Gasteiger partial charge on any atom is -0.480 e. The number of ether oxygens (including phenoxy) is 1. The quantitative estimate of drug-likeness (QED) is 0.621. The van der Waals surface area contributed by atoms with Crippen molar-refractivity contribution in [3.05, 3.63) is 59.7 Å². The van der Waals surface area contributed by atoms with Crippen LogP contribution in [0.1, 0.15) is 42.7 Å². The highest BCUT2D eigenvalue weighted by Crippen LogP contribution is 2.44. The SMILES string of the molecule is O=C(NCC1CCC(C(=O)N2CSC[C@H]2C(=O)O)CC1)OCC1c2ccccc2-c2ccccc21. The predicted octanol–water partition coefficient (Wildman–Crippen LogP) is 4.32. The van der Waals surface area contributed by atoms with E-state index in [4.69, 9.17) is 4.74 Å². The second-order valence-electron chi connectivity index (χ2n) is 9.59. The highest BCUT2D eigenvalue weighted by molar-refractivity contribution is 7.99. The number of alkyl carbamates (subject to hydrolysis) is 1. The molecular formula is C27H30N2O5S. The molecule has 0 spiro atoms. The third-order valence-corrected chi connectivity index (χ3v) is 8.54. The highest BCUT2D eigenvalue weighted by Gasteiger charge is 2.38. The molecule has 2 amide bonds. The normalized spacial score (nSPS) is 23.4. The monoisotopic (exact) mass is 494 g/mol. The van der Waals surface area contributed by atoms with Crippen LogP contribution in [-0.4, -0.2) is 58.8 Å². The molecule has 0 radical (unpaired) electrons. The standard InChI is InChI=1S/C27H30N2O5S/c30-25(29-16-35-15-24(29)26(31)32)18-11-9-17(10-12-18)13-28-27(33)34-14-23-21-7-3-1-5-19(21)20-6-2-4-8-22(20)23/h1-8,17-18,23-24H,9-16H2,(H,28,33)(H,31,32)/t17?,18?,24-/m0/s1. The number of nitrogens with zero attached hydrogens (tertiary/aromatic N) is 1. The van der Waals surface area contributed by atoms with Gasteiger partial charge in [-0.25, -0.2) is 9.59 Å². The average Bonchev–Trinajstić information content (AvgIpc) is 3.50. The number of carboxylic acid groups (broad SMARTS) is 1.